The zero-order chi connectivity index (χ0) is 11.1. The number of hydrogen-bond donors (Lipinski definition) is 0. The van der Waals surface area contributed by atoms with Crippen molar-refractivity contribution in [3.05, 3.63) is 0 Å². The van der Waals surface area contributed by atoms with Crippen molar-refractivity contribution in [1.29, 1.82) is 5.26 Å². The number of hydrogen-bond acceptors (Lipinski definition) is 4. The number of piperazine rings is 1. The Bertz CT molecular complexity index is 242. The molecule has 0 aromatic heterocycles. The molecule has 5 heteroatoms. The summed E-state index contributed by atoms with van der Waals surface area (Å²) in [6.07, 6.45) is 1.28. The van der Waals surface area contributed by atoms with E-state index < -0.39 is 0 Å². The number of unbranched alkanes of at least 4 members (excludes halogenated alkanes) is 1. The minimum Gasteiger partial charge on any atom is -0.453 e. The van der Waals surface area contributed by atoms with Crippen LogP contribution >= 0.6 is 0 Å². The third kappa shape index (κ3) is 3.76. The summed E-state index contributed by atoms with van der Waals surface area (Å²) in [6, 6.07) is 2.13. The number of carbonyl (C=O) groups is 1. The standard InChI is InChI=1S/C10H17N3O2/c1-15-10(14)13-8-6-12(7-9-13)5-3-2-4-11/h2-3,5-9H2,1H3. The zero-order valence-electron chi connectivity index (χ0n) is 9.11. The third-order valence-corrected chi connectivity index (χ3v) is 2.57. The molecule has 1 rings (SSSR count). The molecule has 1 heterocycles. The van der Waals surface area contributed by atoms with Crippen LogP contribution in [-0.2, 0) is 4.74 Å². The van der Waals surface area contributed by atoms with Crippen molar-refractivity contribution in [2.45, 2.75) is 12.8 Å². The lowest BCUT2D eigenvalue weighted by Crippen LogP contribution is -2.48. The van der Waals surface area contributed by atoms with Gasteiger partial charge >= 0.3 is 6.09 Å². The Morgan fingerprint density at radius 1 is 1.40 bits per heavy atom. The van der Waals surface area contributed by atoms with Gasteiger partial charge in [-0.15, -0.1) is 0 Å². The van der Waals surface area contributed by atoms with Crippen LogP contribution in [0.4, 0.5) is 4.79 Å². The van der Waals surface area contributed by atoms with E-state index in [0.29, 0.717) is 6.42 Å². The Morgan fingerprint density at radius 3 is 2.60 bits per heavy atom. The normalized spacial score (nSPS) is 17.2. The van der Waals surface area contributed by atoms with Gasteiger partial charge in [0.2, 0.25) is 0 Å². The number of nitrogens with zero attached hydrogens (tertiary/aromatic N) is 3. The highest BCUT2D eigenvalue weighted by atomic mass is 16.5. The van der Waals surface area contributed by atoms with E-state index in [9.17, 15) is 4.79 Å². The van der Waals surface area contributed by atoms with Gasteiger partial charge in [0.05, 0.1) is 13.2 Å². The van der Waals surface area contributed by atoms with Crippen molar-refractivity contribution in [3.8, 4) is 6.07 Å². The molecule has 5 nitrogen and oxygen atoms in total. The van der Waals surface area contributed by atoms with E-state index in [2.05, 4.69) is 15.7 Å². The average molecular weight is 211 g/mol. The molecule has 0 atom stereocenters. The summed E-state index contributed by atoms with van der Waals surface area (Å²) in [5.74, 6) is 0. The van der Waals surface area contributed by atoms with Crippen molar-refractivity contribution in [1.82, 2.24) is 9.80 Å². The molecule has 1 saturated heterocycles. The predicted molar refractivity (Wildman–Crippen MR) is 55.3 cm³/mol. The monoisotopic (exact) mass is 211 g/mol. The summed E-state index contributed by atoms with van der Waals surface area (Å²) < 4.78 is 4.65. The van der Waals surface area contributed by atoms with E-state index in [4.69, 9.17) is 5.26 Å². The van der Waals surface area contributed by atoms with E-state index in [0.717, 1.165) is 39.1 Å². The van der Waals surface area contributed by atoms with Crippen LogP contribution in [0.1, 0.15) is 12.8 Å². The minimum absolute atomic E-state index is 0.244. The van der Waals surface area contributed by atoms with E-state index >= 15 is 0 Å². The van der Waals surface area contributed by atoms with Gasteiger partial charge in [-0.05, 0) is 13.0 Å². The molecule has 1 fully saturated rings. The van der Waals surface area contributed by atoms with E-state index in [-0.39, 0.29) is 6.09 Å². The first-order valence-electron chi connectivity index (χ1n) is 5.20. The molecule has 1 aliphatic rings. The molecule has 0 aliphatic carbocycles. The van der Waals surface area contributed by atoms with Gasteiger partial charge in [0, 0.05) is 32.6 Å². The molecular formula is C10H17N3O2. The van der Waals surface area contributed by atoms with Crippen molar-refractivity contribution in [3.63, 3.8) is 0 Å². The largest absolute Gasteiger partial charge is 0.453 e. The van der Waals surface area contributed by atoms with E-state index in [1.807, 2.05) is 0 Å². The Labute approximate surface area is 90.2 Å². The maximum Gasteiger partial charge on any atom is 0.409 e. The van der Waals surface area contributed by atoms with Crippen LogP contribution in [0.2, 0.25) is 0 Å². The van der Waals surface area contributed by atoms with Gasteiger partial charge in [-0.2, -0.15) is 5.26 Å². The van der Waals surface area contributed by atoms with Gasteiger partial charge in [-0.1, -0.05) is 0 Å². The number of nitriles is 1. The number of ether oxygens (including phenoxy) is 1. The Balaban J connectivity index is 2.18. The lowest BCUT2D eigenvalue weighted by molar-refractivity contribution is 0.0908. The highest BCUT2D eigenvalue weighted by Gasteiger charge is 2.20. The summed E-state index contributed by atoms with van der Waals surface area (Å²) >= 11 is 0. The molecular weight excluding hydrogens is 194 g/mol. The zero-order valence-corrected chi connectivity index (χ0v) is 9.11. The Hall–Kier alpha value is -1.28. The van der Waals surface area contributed by atoms with Gasteiger partial charge in [0.15, 0.2) is 0 Å². The lowest BCUT2D eigenvalue weighted by Gasteiger charge is -2.33. The minimum atomic E-state index is -0.244. The molecule has 0 N–H and O–H groups in total. The smallest absolute Gasteiger partial charge is 0.409 e. The Kier molecular flexibility index (Phi) is 4.91. The number of amides is 1. The number of methoxy groups -OCH3 is 1. The molecule has 0 aromatic rings. The summed E-state index contributed by atoms with van der Waals surface area (Å²) in [7, 11) is 1.40. The highest BCUT2D eigenvalue weighted by molar-refractivity contribution is 5.67. The predicted octanol–water partition coefficient (Wildman–Crippen LogP) is 0.674. The van der Waals surface area contributed by atoms with Gasteiger partial charge < -0.3 is 9.64 Å². The molecule has 0 aromatic carbocycles. The summed E-state index contributed by atoms with van der Waals surface area (Å²) in [6.45, 7) is 4.14. The number of carbonyl (C=O) groups excluding carboxylic acids is 1. The first kappa shape index (κ1) is 11.8. The summed E-state index contributed by atoms with van der Waals surface area (Å²) in [5, 5.41) is 8.40. The second-order valence-electron chi connectivity index (χ2n) is 3.56. The SMILES string of the molecule is COC(=O)N1CCN(CCCC#N)CC1. The van der Waals surface area contributed by atoms with Crippen LogP contribution < -0.4 is 0 Å². The van der Waals surface area contributed by atoms with Gasteiger partial charge in [-0.25, -0.2) is 4.79 Å². The molecule has 0 spiro atoms. The molecule has 0 bridgehead atoms. The van der Waals surface area contributed by atoms with Crippen molar-refractivity contribution >= 4 is 6.09 Å². The molecule has 15 heavy (non-hydrogen) atoms. The first-order valence-corrected chi connectivity index (χ1v) is 5.20. The highest BCUT2D eigenvalue weighted by Crippen LogP contribution is 2.04. The second kappa shape index (κ2) is 6.25. The van der Waals surface area contributed by atoms with Gasteiger partial charge in [0.25, 0.3) is 0 Å². The first-order chi connectivity index (χ1) is 7.27. The summed E-state index contributed by atoms with van der Waals surface area (Å²) in [5.41, 5.74) is 0. The fraction of sp³-hybridized carbons (Fsp3) is 0.800. The summed E-state index contributed by atoms with van der Waals surface area (Å²) in [4.78, 5) is 15.2. The third-order valence-electron chi connectivity index (χ3n) is 2.57. The fourth-order valence-corrected chi connectivity index (χ4v) is 1.66. The van der Waals surface area contributed by atoms with Crippen LogP contribution in [-0.4, -0.2) is 55.7 Å². The lowest BCUT2D eigenvalue weighted by atomic mass is 10.2. The second-order valence-corrected chi connectivity index (χ2v) is 3.56. The van der Waals surface area contributed by atoms with Crippen LogP contribution in [0.15, 0.2) is 0 Å². The van der Waals surface area contributed by atoms with Crippen molar-refractivity contribution < 1.29 is 9.53 Å². The van der Waals surface area contributed by atoms with E-state index in [1.54, 1.807) is 4.90 Å². The Morgan fingerprint density at radius 2 is 2.07 bits per heavy atom. The fourth-order valence-electron chi connectivity index (χ4n) is 1.66. The van der Waals surface area contributed by atoms with Gasteiger partial charge in [-0.3, -0.25) is 4.90 Å². The average Bonchev–Trinajstić information content (AvgIpc) is 2.29. The quantitative estimate of drug-likeness (QED) is 0.644. The maximum atomic E-state index is 11.2. The van der Waals surface area contributed by atoms with Crippen LogP contribution in [0.25, 0.3) is 0 Å². The van der Waals surface area contributed by atoms with Crippen molar-refractivity contribution in [2.24, 2.45) is 0 Å². The number of rotatable bonds is 3. The van der Waals surface area contributed by atoms with Crippen LogP contribution in [0.5, 0.6) is 0 Å². The van der Waals surface area contributed by atoms with Crippen molar-refractivity contribution in [2.75, 3.05) is 39.8 Å². The van der Waals surface area contributed by atoms with E-state index in [1.165, 1.54) is 7.11 Å². The maximum absolute atomic E-state index is 11.2. The van der Waals surface area contributed by atoms with Crippen LogP contribution in [0.3, 0.4) is 0 Å². The molecule has 0 radical (unpaired) electrons. The van der Waals surface area contributed by atoms with Crippen LogP contribution in [0, 0.1) is 11.3 Å². The molecule has 0 unspecified atom stereocenters. The molecule has 0 saturated carbocycles. The molecule has 1 amide bonds. The molecule has 84 valence electrons. The molecule has 1 aliphatic heterocycles. The topological polar surface area (TPSA) is 56.6 Å². The van der Waals surface area contributed by atoms with Gasteiger partial charge in [0.1, 0.15) is 0 Å².